The van der Waals surface area contributed by atoms with Gasteiger partial charge in [0.05, 0.1) is 11.5 Å². The predicted octanol–water partition coefficient (Wildman–Crippen LogP) is 13.1. The van der Waals surface area contributed by atoms with E-state index in [2.05, 4.69) is 126 Å². The van der Waals surface area contributed by atoms with Crippen molar-refractivity contribution in [2.75, 3.05) is 0 Å². The summed E-state index contributed by atoms with van der Waals surface area (Å²) in [4.78, 5) is 11.7. The minimum Gasteiger partial charge on any atom is -0.512 e. The zero-order chi connectivity index (χ0) is 39.9. The molecule has 0 fully saturated rings. The third kappa shape index (κ3) is 10.9. The Morgan fingerprint density at radius 3 is 1.86 bits per heavy atom. The molecule has 299 valence electrons. The maximum atomic E-state index is 11.7. The van der Waals surface area contributed by atoms with Gasteiger partial charge in [-0.1, -0.05) is 147 Å². The Balaban J connectivity index is 0.000000372. The zero-order valence-corrected chi connectivity index (χ0v) is 37.9. The van der Waals surface area contributed by atoms with E-state index in [1.807, 2.05) is 27.7 Å². The summed E-state index contributed by atoms with van der Waals surface area (Å²) in [5.74, 6) is 0.547. The van der Waals surface area contributed by atoms with Crippen molar-refractivity contribution in [3.63, 3.8) is 0 Å². The minimum atomic E-state index is -0.140. The summed E-state index contributed by atoms with van der Waals surface area (Å²) in [5, 5.41) is 21.9. The Labute approximate surface area is 351 Å². The molecule has 1 heterocycles. The molecule has 1 aromatic heterocycles. The maximum absolute atomic E-state index is 11.7. The SMILES string of the molecule is CC(C)(C)c1nnc(-c2[c-]c3ccccc3c(C(C)(C)C)c2)cc1-c1cc2ccc1CCc1ccc(cc1)CC2.CCC(CC)C(=O)/C=C(\O)C(CC)CC.[Ir]. The number of aliphatic hydroxyl groups excluding tert-OH is 1. The number of nitrogens with zero attached hydrogens (tertiary/aromatic N) is 2. The van der Waals surface area contributed by atoms with Crippen molar-refractivity contribution in [1.82, 2.24) is 10.2 Å². The van der Waals surface area contributed by atoms with Crippen LogP contribution >= 0.6 is 0 Å². The number of hydrogen-bond donors (Lipinski definition) is 1. The van der Waals surface area contributed by atoms with Gasteiger partial charge in [-0.05, 0) is 84.6 Å². The monoisotopic (exact) mass is 928 g/mol. The number of carbonyl (C=O) groups excluding carboxylic acids is 1. The van der Waals surface area contributed by atoms with Gasteiger partial charge in [0, 0.05) is 54.7 Å². The van der Waals surface area contributed by atoms with Gasteiger partial charge in [-0.15, -0.1) is 29.1 Å². The van der Waals surface area contributed by atoms with Crippen LogP contribution in [0.25, 0.3) is 33.2 Å². The fraction of sp³-hybridized carbons (Fsp3) is 0.431. The number of aromatic nitrogens is 2. The van der Waals surface area contributed by atoms with Gasteiger partial charge < -0.3 is 5.11 Å². The summed E-state index contributed by atoms with van der Waals surface area (Å²) < 4.78 is 0. The molecule has 9 rings (SSSR count). The molecule has 0 saturated carbocycles. The number of fused-ring (bicyclic) bond motifs is 1. The van der Waals surface area contributed by atoms with Crippen molar-refractivity contribution >= 4 is 16.6 Å². The summed E-state index contributed by atoms with van der Waals surface area (Å²) in [7, 11) is 0. The number of aliphatic hydroxyl groups is 1. The van der Waals surface area contributed by atoms with Crippen molar-refractivity contribution in [2.24, 2.45) is 11.8 Å². The second-order valence-electron chi connectivity index (χ2n) is 17.4. The van der Waals surface area contributed by atoms with Gasteiger partial charge in [0.25, 0.3) is 0 Å². The summed E-state index contributed by atoms with van der Waals surface area (Å²) in [5.41, 5.74) is 12.1. The van der Waals surface area contributed by atoms with E-state index >= 15 is 0 Å². The Hall–Kier alpha value is -3.92. The van der Waals surface area contributed by atoms with Crippen LogP contribution in [0, 0.1) is 17.9 Å². The van der Waals surface area contributed by atoms with Gasteiger partial charge in [0.15, 0.2) is 5.78 Å². The van der Waals surface area contributed by atoms with Crippen LogP contribution < -0.4 is 0 Å². The van der Waals surface area contributed by atoms with Gasteiger partial charge in [-0.2, -0.15) is 10.2 Å². The largest absolute Gasteiger partial charge is 0.512 e. The summed E-state index contributed by atoms with van der Waals surface area (Å²) in [6.45, 7) is 21.6. The number of allylic oxidation sites excluding steroid dienone is 2. The molecule has 56 heavy (non-hydrogen) atoms. The third-order valence-electron chi connectivity index (χ3n) is 11.3. The average molecular weight is 928 g/mol. The number of ketones is 1. The van der Waals surface area contributed by atoms with E-state index in [0.717, 1.165) is 73.7 Å². The quantitative estimate of drug-likeness (QED) is 0.0909. The topological polar surface area (TPSA) is 63.1 Å². The van der Waals surface area contributed by atoms with E-state index in [1.165, 1.54) is 50.4 Å². The normalized spacial score (nSPS) is 13.2. The Kier molecular flexibility index (Phi) is 15.6. The molecule has 4 bridgehead atoms. The van der Waals surface area contributed by atoms with Crippen LogP contribution in [-0.2, 0) is 61.4 Å². The zero-order valence-electron chi connectivity index (χ0n) is 35.5. The number of carbonyl (C=O) groups is 1. The average Bonchev–Trinajstić information content (AvgIpc) is 3.15. The number of benzene rings is 4. The van der Waals surface area contributed by atoms with E-state index in [9.17, 15) is 9.90 Å². The van der Waals surface area contributed by atoms with Crippen LogP contribution in [0.3, 0.4) is 0 Å². The third-order valence-corrected chi connectivity index (χ3v) is 11.3. The first-order valence-electron chi connectivity index (χ1n) is 20.6. The van der Waals surface area contributed by atoms with Crippen LogP contribution in [0.5, 0.6) is 0 Å². The molecule has 4 aromatic carbocycles. The fourth-order valence-electron chi connectivity index (χ4n) is 7.74. The van der Waals surface area contributed by atoms with Crippen LogP contribution in [0.1, 0.15) is 128 Å². The van der Waals surface area contributed by atoms with Gasteiger partial charge in [0.2, 0.25) is 0 Å². The molecule has 0 unspecified atom stereocenters. The Morgan fingerprint density at radius 2 is 1.27 bits per heavy atom. The molecule has 4 aliphatic rings. The minimum absolute atomic E-state index is 0. The van der Waals surface area contributed by atoms with Crippen molar-refractivity contribution in [3.8, 4) is 22.4 Å². The molecular weight excluding hydrogens is 865 g/mol. The van der Waals surface area contributed by atoms with Gasteiger partial charge in [-0.3, -0.25) is 4.79 Å². The first kappa shape index (κ1) is 44.8. The van der Waals surface area contributed by atoms with Gasteiger partial charge in [-0.25, -0.2) is 0 Å². The molecule has 1 N–H and O–H groups in total. The Bertz CT molecular complexity index is 2110. The molecule has 4 nitrogen and oxygen atoms in total. The van der Waals surface area contributed by atoms with Crippen LogP contribution in [0.2, 0.25) is 0 Å². The van der Waals surface area contributed by atoms with Crippen molar-refractivity contribution in [3.05, 3.63) is 130 Å². The predicted molar refractivity (Wildman–Crippen MR) is 232 cm³/mol. The molecular formula is C51H63IrN2O2-. The van der Waals surface area contributed by atoms with E-state index < -0.39 is 0 Å². The standard InChI is InChI=1S/C38H39N2.C13H24O2.Ir/c1-37(2,3)34-23-30(22-29-9-7-8-10-31(29)34)35-24-33(36(40-39-35)38(4,5)6)32-21-27-16-15-25-11-13-26(14-12-25)17-19-28(32)20-18-27;1-5-10(6-2)12(14)9-13(15)11(7-3)8-4;/h7-14,18,20-21,23-24H,15-17,19H2,1-6H3;9-11,14H,5-8H2,1-4H3;/q-1;;/b;12-9-;. The smallest absolute Gasteiger partial charge is 0.162 e. The van der Waals surface area contributed by atoms with Crippen LogP contribution in [0.4, 0.5) is 0 Å². The van der Waals surface area contributed by atoms with Gasteiger partial charge in [0.1, 0.15) is 0 Å². The fourth-order valence-corrected chi connectivity index (χ4v) is 7.74. The molecule has 0 saturated heterocycles. The molecule has 0 amide bonds. The second kappa shape index (κ2) is 19.5. The Morgan fingerprint density at radius 1 is 0.696 bits per heavy atom. The molecule has 5 heteroatoms. The van der Waals surface area contributed by atoms with E-state index in [1.54, 1.807) is 0 Å². The molecule has 4 aliphatic carbocycles. The van der Waals surface area contributed by atoms with Crippen LogP contribution in [0.15, 0.2) is 90.7 Å². The van der Waals surface area contributed by atoms with Crippen molar-refractivity contribution in [2.45, 2.75) is 131 Å². The summed E-state index contributed by atoms with van der Waals surface area (Å²) in [6, 6.07) is 33.1. The molecule has 0 spiro atoms. The second-order valence-corrected chi connectivity index (χ2v) is 17.4. The van der Waals surface area contributed by atoms with E-state index in [0.29, 0.717) is 0 Å². The first-order chi connectivity index (χ1) is 26.2. The van der Waals surface area contributed by atoms with Crippen molar-refractivity contribution in [1.29, 1.82) is 0 Å². The molecule has 0 aliphatic heterocycles. The first-order valence-corrected chi connectivity index (χ1v) is 20.6. The van der Waals surface area contributed by atoms with E-state index in [-0.39, 0.29) is 54.3 Å². The van der Waals surface area contributed by atoms with Crippen LogP contribution in [-0.4, -0.2) is 21.1 Å². The van der Waals surface area contributed by atoms with E-state index in [4.69, 9.17) is 10.2 Å². The number of rotatable bonds is 9. The summed E-state index contributed by atoms with van der Waals surface area (Å²) >= 11 is 0. The molecule has 1 radical (unpaired) electrons. The summed E-state index contributed by atoms with van der Waals surface area (Å²) in [6.07, 6.45) is 9.00. The van der Waals surface area contributed by atoms with Crippen molar-refractivity contribution < 1.29 is 30.0 Å². The van der Waals surface area contributed by atoms with Gasteiger partial charge >= 0.3 is 0 Å². The number of aryl methyl sites for hydroxylation is 4. The molecule has 0 atom stereocenters. The number of hydrogen-bond acceptors (Lipinski definition) is 4. The molecule has 5 aromatic rings. The maximum Gasteiger partial charge on any atom is 0.162 e.